The fraction of sp³-hybridized carbons (Fsp3) is 0.909. The van der Waals surface area contributed by atoms with Gasteiger partial charge in [-0.3, -0.25) is 4.90 Å². The maximum atomic E-state index is 11.5. The minimum absolute atomic E-state index is 0.109. The minimum atomic E-state index is -0.207. The number of hydrogen-bond donors (Lipinski definition) is 0. The van der Waals surface area contributed by atoms with E-state index in [0.29, 0.717) is 12.1 Å². The lowest BCUT2D eigenvalue weighted by atomic mass is 10.0. The highest BCUT2D eigenvalue weighted by molar-refractivity contribution is 5.67. The summed E-state index contributed by atoms with van der Waals surface area (Å²) in [4.78, 5) is 15.4. The Labute approximate surface area is 91.2 Å². The van der Waals surface area contributed by atoms with Crippen molar-refractivity contribution in [2.45, 2.75) is 43.9 Å². The van der Waals surface area contributed by atoms with E-state index in [1.165, 1.54) is 24.2 Å². The van der Waals surface area contributed by atoms with Crippen molar-refractivity contribution in [3.63, 3.8) is 0 Å². The van der Waals surface area contributed by atoms with Gasteiger partial charge in [-0.25, -0.2) is 4.79 Å². The molecule has 2 bridgehead atoms. The average Bonchev–Trinajstić information content (AvgIpc) is 2.38. The molecule has 0 spiro atoms. The maximum Gasteiger partial charge on any atom is 0.409 e. The summed E-state index contributed by atoms with van der Waals surface area (Å²) in [5, 5.41) is 0. The van der Waals surface area contributed by atoms with Crippen LogP contribution in [-0.2, 0) is 4.74 Å². The summed E-state index contributed by atoms with van der Waals surface area (Å²) in [6.07, 6.45) is 4.61. The molecule has 15 heavy (non-hydrogen) atoms. The predicted molar refractivity (Wildman–Crippen MR) is 57.8 cm³/mol. The molecular formula is C11H20N2O2. The molecule has 0 aromatic carbocycles. The molecule has 2 rings (SSSR count). The summed E-state index contributed by atoms with van der Waals surface area (Å²) in [6, 6.07) is 1.08. The standard InChI is InChI=1S/C11H20N2O2/c1-12(2)11(14)15-10-7-8-5-4-6-9(10)13(8)3/h8-10H,4-7H2,1-3H3/t8-,9+,10-/m0/s1. The largest absolute Gasteiger partial charge is 0.444 e. The molecule has 0 aliphatic carbocycles. The molecule has 4 heteroatoms. The Balaban J connectivity index is 1.97. The van der Waals surface area contributed by atoms with Crippen LogP contribution in [0.3, 0.4) is 0 Å². The number of ether oxygens (including phenoxy) is 1. The number of nitrogens with zero attached hydrogens (tertiary/aromatic N) is 2. The molecule has 0 aromatic heterocycles. The van der Waals surface area contributed by atoms with E-state index < -0.39 is 0 Å². The van der Waals surface area contributed by atoms with Gasteiger partial charge in [0.05, 0.1) is 0 Å². The molecule has 86 valence electrons. The Hall–Kier alpha value is -0.770. The van der Waals surface area contributed by atoms with Crippen molar-refractivity contribution in [3.05, 3.63) is 0 Å². The Kier molecular flexibility index (Phi) is 2.87. The molecule has 2 heterocycles. The minimum Gasteiger partial charge on any atom is -0.444 e. The van der Waals surface area contributed by atoms with Crippen LogP contribution in [0.5, 0.6) is 0 Å². The zero-order chi connectivity index (χ0) is 11.0. The fourth-order valence-electron chi connectivity index (χ4n) is 2.76. The number of carbonyl (C=O) groups is 1. The highest BCUT2D eigenvalue weighted by Crippen LogP contribution is 2.36. The zero-order valence-electron chi connectivity index (χ0n) is 9.77. The Morgan fingerprint density at radius 3 is 2.73 bits per heavy atom. The van der Waals surface area contributed by atoms with Crippen LogP contribution in [0.1, 0.15) is 25.7 Å². The third-order valence-corrected chi connectivity index (χ3v) is 3.69. The smallest absolute Gasteiger partial charge is 0.409 e. The summed E-state index contributed by atoms with van der Waals surface area (Å²) in [6.45, 7) is 0. The second-order valence-electron chi connectivity index (χ2n) is 4.87. The molecule has 0 saturated carbocycles. The van der Waals surface area contributed by atoms with E-state index in [1.54, 1.807) is 14.1 Å². The van der Waals surface area contributed by atoms with Gasteiger partial charge in [-0.05, 0) is 19.9 Å². The van der Waals surface area contributed by atoms with Gasteiger partial charge >= 0.3 is 6.09 Å². The van der Waals surface area contributed by atoms with Crippen LogP contribution in [-0.4, -0.2) is 55.2 Å². The first-order valence-corrected chi connectivity index (χ1v) is 5.69. The van der Waals surface area contributed by atoms with Gasteiger partial charge in [0.25, 0.3) is 0 Å². The van der Waals surface area contributed by atoms with Crippen molar-refractivity contribution < 1.29 is 9.53 Å². The Bertz CT molecular complexity index is 255. The molecule has 0 unspecified atom stereocenters. The lowest BCUT2D eigenvalue weighted by Gasteiger charge is -2.31. The topological polar surface area (TPSA) is 32.8 Å². The number of piperidine rings is 1. The highest BCUT2D eigenvalue weighted by Gasteiger charge is 2.43. The lowest BCUT2D eigenvalue weighted by Crippen LogP contribution is -2.40. The molecule has 1 amide bonds. The van der Waals surface area contributed by atoms with Gasteiger partial charge in [0.1, 0.15) is 6.10 Å². The number of rotatable bonds is 1. The molecule has 4 nitrogen and oxygen atoms in total. The van der Waals surface area contributed by atoms with Gasteiger partial charge in [-0.2, -0.15) is 0 Å². The first kappa shape index (κ1) is 10.7. The van der Waals surface area contributed by atoms with E-state index in [2.05, 4.69) is 11.9 Å². The first-order chi connectivity index (χ1) is 7.09. The van der Waals surface area contributed by atoms with Gasteiger partial charge in [-0.15, -0.1) is 0 Å². The summed E-state index contributed by atoms with van der Waals surface area (Å²) in [5.41, 5.74) is 0. The van der Waals surface area contributed by atoms with E-state index in [9.17, 15) is 4.79 Å². The van der Waals surface area contributed by atoms with Crippen molar-refractivity contribution >= 4 is 6.09 Å². The third-order valence-electron chi connectivity index (χ3n) is 3.69. The summed E-state index contributed by atoms with van der Waals surface area (Å²) in [5.74, 6) is 0. The predicted octanol–water partition coefficient (Wildman–Crippen LogP) is 1.31. The van der Waals surface area contributed by atoms with E-state index in [0.717, 1.165) is 6.42 Å². The number of fused-ring (bicyclic) bond motifs is 2. The Morgan fingerprint density at radius 2 is 2.13 bits per heavy atom. The van der Waals surface area contributed by atoms with E-state index in [1.807, 2.05) is 0 Å². The van der Waals surface area contributed by atoms with Crippen LogP contribution in [0, 0.1) is 0 Å². The normalized spacial score (nSPS) is 35.3. The van der Waals surface area contributed by atoms with Crippen molar-refractivity contribution in [2.24, 2.45) is 0 Å². The van der Waals surface area contributed by atoms with Crippen LogP contribution in [0.2, 0.25) is 0 Å². The van der Waals surface area contributed by atoms with Crippen LogP contribution in [0.25, 0.3) is 0 Å². The SMILES string of the molecule is CN(C)C(=O)O[C@H]1C[C@@H]2CCC[C@H]1N2C. The molecule has 0 aromatic rings. The van der Waals surface area contributed by atoms with E-state index in [-0.39, 0.29) is 12.2 Å². The fourth-order valence-corrected chi connectivity index (χ4v) is 2.76. The van der Waals surface area contributed by atoms with Gasteiger partial charge in [-0.1, -0.05) is 6.42 Å². The van der Waals surface area contributed by atoms with Crippen LogP contribution in [0.15, 0.2) is 0 Å². The van der Waals surface area contributed by atoms with Crippen LogP contribution < -0.4 is 0 Å². The maximum absolute atomic E-state index is 11.5. The summed E-state index contributed by atoms with van der Waals surface area (Å²) < 4.78 is 5.50. The molecule has 0 N–H and O–H groups in total. The van der Waals surface area contributed by atoms with Crippen molar-refractivity contribution in [2.75, 3.05) is 21.1 Å². The molecule has 0 radical (unpaired) electrons. The molecule has 2 aliphatic rings. The second kappa shape index (κ2) is 4.00. The van der Waals surface area contributed by atoms with Gasteiger partial charge in [0, 0.05) is 32.6 Å². The van der Waals surface area contributed by atoms with Crippen LogP contribution in [0.4, 0.5) is 4.79 Å². The highest BCUT2D eigenvalue weighted by atomic mass is 16.6. The van der Waals surface area contributed by atoms with Gasteiger partial charge < -0.3 is 9.64 Å². The van der Waals surface area contributed by atoms with E-state index in [4.69, 9.17) is 4.74 Å². The second-order valence-corrected chi connectivity index (χ2v) is 4.87. The molecule has 2 saturated heterocycles. The van der Waals surface area contributed by atoms with Crippen molar-refractivity contribution in [1.82, 2.24) is 9.80 Å². The number of likely N-dealkylation sites (N-methyl/N-ethyl adjacent to an activating group) is 1. The molecular weight excluding hydrogens is 192 g/mol. The summed E-state index contributed by atoms with van der Waals surface area (Å²) >= 11 is 0. The molecule has 2 fully saturated rings. The molecule has 3 atom stereocenters. The quantitative estimate of drug-likeness (QED) is 0.657. The lowest BCUT2D eigenvalue weighted by molar-refractivity contribution is 0.0506. The van der Waals surface area contributed by atoms with Crippen molar-refractivity contribution in [3.8, 4) is 0 Å². The average molecular weight is 212 g/mol. The first-order valence-electron chi connectivity index (χ1n) is 5.69. The number of hydrogen-bond acceptors (Lipinski definition) is 3. The third kappa shape index (κ3) is 1.95. The number of carbonyl (C=O) groups excluding carboxylic acids is 1. The van der Waals surface area contributed by atoms with E-state index >= 15 is 0 Å². The monoisotopic (exact) mass is 212 g/mol. The van der Waals surface area contributed by atoms with Crippen molar-refractivity contribution in [1.29, 1.82) is 0 Å². The Morgan fingerprint density at radius 1 is 1.40 bits per heavy atom. The van der Waals surface area contributed by atoms with Crippen LogP contribution >= 0.6 is 0 Å². The zero-order valence-corrected chi connectivity index (χ0v) is 9.77. The van der Waals surface area contributed by atoms with Gasteiger partial charge in [0.15, 0.2) is 0 Å². The number of amides is 1. The summed E-state index contributed by atoms with van der Waals surface area (Å²) in [7, 11) is 5.61. The molecule has 2 aliphatic heterocycles. The van der Waals surface area contributed by atoms with Gasteiger partial charge in [0.2, 0.25) is 0 Å².